The first-order valence-electron chi connectivity index (χ1n) is 7.47. The number of nitrogens with one attached hydrogen (secondary N) is 1. The monoisotopic (exact) mass is 350 g/mol. The van der Waals surface area contributed by atoms with Crippen molar-refractivity contribution in [1.82, 2.24) is 30.1 Å². The quantitative estimate of drug-likeness (QED) is 0.570. The van der Waals surface area contributed by atoms with Crippen molar-refractivity contribution in [2.24, 2.45) is 0 Å². The maximum atomic E-state index is 13.8. The van der Waals surface area contributed by atoms with Crippen LogP contribution >= 0.6 is 0 Å². The van der Waals surface area contributed by atoms with E-state index in [1.807, 2.05) is 30.3 Å². The number of aromatic nitrogens is 6. The zero-order valence-corrected chi connectivity index (χ0v) is 13.2. The van der Waals surface area contributed by atoms with Gasteiger partial charge in [-0.15, -0.1) is 0 Å². The number of nitrogens with two attached hydrogens (primary N) is 1. The first kappa shape index (κ1) is 15.6. The third kappa shape index (κ3) is 3.15. The predicted octanol–water partition coefficient (Wildman–Crippen LogP) is 2.45. The Morgan fingerprint density at radius 1 is 0.923 bits per heavy atom. The van der Waals surface area contributed by atoms with Crippen LogP contribution in [0.2, 0.25) is 0 Å². The van der Waals surface area contributed by atoms with Crippen LogP contribution in [0.1, 0.15) is 0 Å². The van der Waals surface area contributed by atoms with Gasteiger partial charge in [-0.25, -0.2) is 9.37 Å². The number of pyridine rings is 1. The molecule has 10 heteroatoms. The maximum absolute atomic E-state index is 13.8. The van der Waals surface area contributed by atoms with Crippen molar-refractivity contribution in [3.05, 3.63) is 54.5 Å². The van der Waals surface area contributed by atoms with Crippen LogP contribution in [-0.2, 0) is 0 Å². The molecule has 0 fully saturated rings. The fraction of sp³-hybridized carbons (Fsp3) is 0. The minimum Gasteiger partial charge on any atom is -0.368 e. The summed E-state index contributed by atoms with van der Waals surface area (Å²) in [5, 5.41) is 6.77. The van der Waals surface area contributed by atoms with E-state index in [2.05, 4.69) is 35.4 Å². The van der Waals surface area contributed by atoms with Gasteiger partial charge in [0.2, 0.25) is 23.5 Å². The highest BCUT2D eigenvalue weighted by Crippen LogP contribution is 2.22. The Morgan fingerprint density at radius 3 is 2.58 bits per heavy atom. The molecule has 3 aromatic heterocycles. The molecular formula is C16H11FN8O. The molecule has 9 nitrogen and oxygen atoms in total. The largest absolute Gasteiger partial charge is 0.368 e. The minimum atomic E-state index is -0.579. The second-order valence-corrected chi connectivity index (χ2v) is 5.09. The Bertz CT molecular complexity index is 1050. The van der Waals surface area contributed by atoms with Gasteiger partial charge in [-0.2, -0.15) is 19.9 Å². The lowest BCUT2D eigenvalue weighted by Gasteiger charge is -2.05. The maximum Gasteiger partial charge on any atom is 0.279 e. The average Bonchev–Trinajstić information content (AvgIpc) is 3.12. The van der Waals surface area contributed by atoms with Gasteiger partial charge in [0.05, 0.1) is 0 Å². The molecule has 26 heavy (non-hydrogen) atoms. The molecule has 1 aromatic carbocycles. The highest BCUT2D eigenvalue weighted by atomic mass is 19.1. The molecule has 0 aliphatic carbocycles. The fourth-order valence-corrected chi connectivity index (χ4v) is 2.15. The first-order valence-corrected chi connectivity index (χ1v) is 7.47. The number of hydrogen-bond donors (Lipinski definition) is 2. The molecule has 4 rings (SSSR count). The van der Waals surface area contributed by atoms with E-state index in [0.29, 0.717) is 0 Å². The first-order chi connectivity index (χ1) is 12.7. The van der Waals surface area contributed by atoms with Crippen LogP contribution in [0, 0.1) is 5.82 Å². The summed E-state index contributed by atoms with van der Waals surface area (Å²) >= 11 is 0. The molecule has 0 amide bonds. The van der Waals surface area contributed by atoms with Gasteiger partial charge in [0, 0.05) is 11.9 Å². The van der Waals surface area contributed by atoms with Crippen LogP contribution in [0.25, 0.3) is 23.2 Å². The third-order valence-electron chi connectivity index (χ3n) is 3.27. The van der Waals surface area contributed by atoms with Crippen LogP contribution in [0.15, 0.2) is 53.2 Å². The van der Waals surface area contributed by atoms with Crippen LogP contribution in [0.4, 0.5) is 22.0 Å². The SMILES string of the molecule is Nc1nc(Nc2ccccc2)nc(-c2noc(-c3ncccc3F)n2)n1. The van der Waals surface area contributed by atoms with Crippen LogP contribution in [0.5, 0.6) is 0 Å². The molecule has 3 heterocycles. The second kappa shape index (κ2) is 6.51. The summed E-state index contributed by atoms with van der Waals surface area (Å²) in [7, 11) is 0. The molecule has 0 saturated carbocycles. The summed E-state index contributed by atoms with van der Waals surface area (Å²) in [5.41, 5.74) is 6.44. The lowest BCUT2D eigenvalue weighted by Crippen LogP contribution is -2.05. The van der Waals surface area contributed by atoms with Gasteiger partial charge in [-0.1, -0.05) is 23.4 Å². The van der Waals surface area contributed by atoms with E-state index in [1.165, 1.54) is 18.3 Å². The van der Waals surface area contributed by atoms with Gasteiger partial charge in [0.25, 0.3) is 5.89 Å². The number of halogens is 1. The lowest BCUT2D eigenvalue weighted by atomic mass is 10.3. The Labute approximate surface area is 146 Å². The van der Waals surface area contributed by atoms with Gasteiger partial charge >= 0.3 is 0 Å². The molecule has 0 bridgehead atoms. The van der Waals surface area contributed by atoms with E-state index in [9.17, 15) is 4.39 Å². The molecule has 128 valence electrons. The summed E-state index contributed by atoms with van der Waals surface area (Å²) in [6.45, 7) is 0. The van der Waals surface area contributed by atoms with Gasteiger partial charge in [-0.3, -0.25) is 0 Å². The highest BCUT2D eigenvalue weighted by molar-refractivity contribution is 5.57. The summed E-state index contributed by atoms with van der Waals surface area (Å²) < 4.78 is 18.9. The smallest absolute Gasteiger partial charge is 0.279 e. The van der Waals surface area contributed by atoms with E-state index in [-0.39, 0.29) is 35.1 Å². The Hall–Kier alpha value is -3.95. The van der Waals surface area contributed by atoms with Crippen LogP contribution in [0.3, 0.4) is 0 Å². The highest BCUT2D eigenvalue weighted by Gasteiger charge is 2.18. The standard InChI is InChI=1S/C16H11FN8O/c17-10-7-4-8-19-11(10)14-21-13(25-26-14)12-22-15(18)24-16(23-12)20-9-5-2-1-3-6-9/h1-8H,(H3,18,20,22,23,24). The number of rotatable bonds is 4. The zero-order valence-electron chi connectivity index (χ0n) is 13.2. The van der Waals surface area contributed by atoms with E-state index in [0.717, 1.165) is 5.69 Å². The van der Waals surface area contributed by atoms with Crippen LogP contribution < -0.4 is 11.1 Å². The molecule has 0 spiro atoms. The van der Waals surface area contributed by atoms with Gasteiger partial charge in [0.15, 0.2) is 11.5 Å². The van der Waals surface area contributed by atoms with E-state index in [4.69, 9.17) is 10.3 Å². The molecule has 0 radical (unpaired) electrons. The van der Waals surface area contributed by atoms with Crippen LogP contribution in [-0.4, -0.2) is 30.1 Å². The Balaban J connectivity index is 1.67. The summed E-state index contributed by atoms with van der Waals surface area (Å²) in [6, 6.07) is 12.0. The van der Waals surface area contributed by atoms with Crippen molar-refractivity contribution in [2.75, 3.05) is 11.1 Å². The Morgan fingerprint density at radius 2 is 1.77 bits per heavy atom. The second-order valence-electron chi connectivity index (χ2n) is 5.09. The van der Waals surface area contributed by atoms with Crippen molar-refractivity contribution in [3.8, 4) is 23.2 Å². The number of hydrogen-bond acceptors (Lipinski definition) is 9. The molecular weight excluding hydrogens is 339 g/mol. The number of anilines is 3. The zero-order chi connectivity index (χ0) is 17.9. The minimum absolute atomic E-state index is 0.0243. The normalized spacial score (nSPS) is 10.7. The fourth-order valence-electron chi connectivity index (χ4n) is 2.15. The molecule has 4 aromatic rings. The topological polar surface area (TPSA) is 129 Å². The molecule has 0 aliphatic rings. The van der Waals surface area contributed by atoms with E-state index >= 15 is 0 Å². The summed E-state index contributed by atoms with van der Waals surface area (Å²) in [5.74, 6) is -0.352. The molecule has 3 N–H and O–H groups in total. The summed E-state index contributed by atoms with van der Waals surface area (Å²) in [4.78, 5) is 20.2. The van der Waals surface area contributed by atoms with E-state index < -0.39 is 5.82 Å². The molecule has 0 saturated heterocycles. The van der Waals surface area contributed by atoms with Gasteiger partial charge in [0.1, 0.15) is 0 Å². The van der Waals surface area contributed by atoms with Crippen molar-refractivity contribution < 1.29 is 8.91 Å². The number of benzene rings is 1. The third-order valence-corrected chi connectivity index (χ3v) is 3.27. The van der Waals surface area contributed by atoms with Crippen molar-refractivity contribution in [2.45, 2.75) is 0 Å². The Kier molecular flexibility index (Phi) is 3.90. The lowest BCUT2D eigenvalue weighted by molar-refractivity contribution is 0.427. The molecule has 0 aliphatic heterocycles. The number of para-hydroxylation sites is 1. The number of nitrogen functional groups attached to an aromatic ring is 1. The van der Waals surface area contributed by atoms with E-state index in [1.54, 1.807) is 0 Å². The van der Waals surface area contributed by atoms with Gasteiger partial charge in [-0.05, 0) is 24.3 Å². The van der Waals surface area contributed by atoms with Crippen molar-refractivity contribution in [1.29, 1.82) is 0 Å². The predicted molar refractivity (Wildman–Crippen MR) is 90.4 cm³/mol. The molecule has 0 atom stereocenters. The number of nitrogens with zero attached hydrogens (tertiary/aromatic N) is 6. The average molecular weight is 350 g/mol. The van der Waals surface area contributed by atoms with Crippen molar-refractivity contribution >= 4 is 17.6 Å². The van der Waals surface area contributed by atoms with Crippen molar-refractivity contribution in [3.63, 3.8) is 0 Å². The van der Waals surface area contributed by atoms with Gasteiger partial charge < -0.3 is 15.6 Å². The summed E-state index contributed by atoms with van der Waals surface area (Å²) in [6.07, 6.45) is 1.42. The molecule has 0 unspecified atom stereocenters.